The second kappa shape index (κ2) is 8.54. The highest BCUT2D eigenvalue weighted by Crippen LogP contribution is 2.63. The van der Waals surface area contributed by atoms with E-state index in [1.807, 2.05) is 0 Å². The third-order valence-electron chi connectivity index (χ3n) is 5.14. The Kier molecular flexibility index (Phi) is 6.10. The fourth-order valence-electron chi connectivity index (χ4n) is 3.12. The van der Waals surface area contributed by atoms with Gasteiger partial charge in [0.1, 0.15) is 5.75 Å². The van der Waals surface area contributed by atoms with Gasteiger partial charge in [0.15, 0.2) is 0 Å². The number of nitrogens with one attached hydrogen (secondary N) is 1. The summed E-state index contributed by atoms with van der Waals surface area (Å²) >= 11 is 0. The molecule has 172 valence electrons. The van der Waals surface area contributed by atoms with E-state index in [9.17, 15) is 23.1 Å². The lowest BCUT2D eigenvalue weighted by molar-refractivity contribution is -0.385. The van der Waals surface area contributed by atoms with Crippen LogP contribution in [0.5, 0.6) is 11.5 Å². The zero-order chi connectivity index (χ0) is 23.1. The molecule has 0 aliphatic carbocycles. The SMILES string of the molecule is CNS(=O)(=O)c1ccc(Oc2cc(C(C)OP(=O)(N3CC3)N3CC3)ccc2[N+](=O)[O-])cc1. The highest BCUT2D eigenvalue weighted by molar-refractivity contribution is 7.89. The monoisotopic (exact) mass is 482 g/mol. The summed E-state index contributed by atoms with van der Waals surface area (Å²) in [5, 5.41) is 11.5. The molecule has 0 saturated carbocycles. The van der Waals surface area contributed by atoms with Crippen molar-refractivity contribution in [3.05, 3.63) is 58.1 Å². The molecule has 1 N–H and O–H groups in total. The zero-order valence-electron chi connectivity index (χ0n) is 17.5. The Balaban J connectivity index is 1.58. The standard InChI is InChI=1S/C19H23N4O7PS/c1-14(30-31(26,21-9-10-21)22-11-12-22)15-3-8-18(23(24)25)19(13-15)29-16-4-6-17(7-5-16)32(27,28)20-2/h3-8,13-14,20H,9-12H2,1-2H3. The second-order valence-corrected chi connectivity index (χ2v) is 11.6. The predicted octanol–water partition coefficient (Wildman–Crippen LogP) is 3.11. The van der Waals surface area contributed by atoms with Crippen molar-refractivity contribution in [1.29, 1.82) is 0 Å². The van der Waals surface area contributed by atoms with Crippen LogP contribution in [0.4, 0.5) is 5.69 Å². The van der Waals surface area contributed by atoms with Gasteiger partial charge in [-0.2, -0.15) is 0 Å². The van der Waals surface area contributed by atoms with Crippen LogP contribution in [0, 0.1) is 10.1 Å². The molecule has 2 heterocycles. The van der Waals surface area contributed by atoms with E-state index in [0.29, 0.717) is 31.7 Å². The number of hydrogen-bond donors (Lipinski definition) is 1. The average molecular weight is 482 g/mol. The van der Waals surface area contributed by atoms with Gasteiger partial charge < -0.3 is 4.74 Å². The Labute approximate surface area is 185 Å². The molecule has 2 aliphatic heterocycles. The molecule has 13 heteroatoms. The van der Waals surface area contributed by atoms with Gasteiger partial charge in [-0.15, -0.1) is 0 Å². The first-order chi connectivity index (χ1) is 15.1. The number of rotatable bonds is 10. The number of sulfonamides is 1. The number of ether oxygens (including phenoxy) is 1. The maximum atomic E-state index is 13.2. The molecule has 2 aromatic carbocycles. The summed E-state index contributed by atoms with van der Waals surface area (Å²) < 4.78 is 54.4. The van der Waals surface area contributed by atoms with Crippen molar-refractivity contribution < 1.29 is 27.2 Å². The lowest BCUT2D eigenvalue weighted by atomic mass is 10.1. The van der Waals surface area contributed by atoms with Gasteiger partial charge in [0.2, 0.25) is 15.8 Å². The van der Waals surface area contributed by atoms with E-state index in [2.05, 4.69) is 4.72 Å². The molecule has 4 rings (SSSR count). The van der Waals surface area contributed by atoms with Crippen molar-refractivity contribution in [1.82, 2.24) is 14.1 Å². The van der Waals surface area contributed by atoms with Crippen LogP contribution in [0.15, 0.2) is 47.4 Å². The van der Waals surface area contributed by atoms with Crippen molar-refractivity contribution in [3.63, 3.8) is 0 Å². The number of nitro groups is 1. The Hall–Kier alpha value is -2.34. The van der Waals surface area contributed by atoms with E-state index in [1.54, 1.807) is 22.3 Å². The molecule has 2 aromatic rings. The summed E-state index contributed by atoms with van der Waals surface area (Å²) in [6.45, 7) is 4.60. The molecule has 32 heavy (non-hydrogen) atoms. The third kappa shape index (κ3) is 4.70. The van der Waals surface area contributed by atoms with E-state index >= 15 is 0 Å². The topological polar surface area (TPSA) is 131 Å². The minimum Gasteiger partial charge on any atom is -0.450 e. The molecule has 1 atom stereocenters. The maximum absolute atomic E-state index is 13.2. The quantitative estimate of drug-likeness (QED) is 0.235. The molecule has 0 radical (unpaired) electrons. The molecule has 2 aliphatic rings. The van der Waals surface area contributed by atoms with Gasteiger partial charge in [-0.05, 0) is 55.9 Å². The van der Waals surface area contributed by atoms with Gasteiger partial charge in [-0.1, -0.05) is 0 Å². The molecular formula is C19H23N4O7PS. The normalized spacial score (nSPS) is 17.7. The number of nitro benzene ring substituents is 1. The number of nitrogens with zero attached hydrogens (tertiary/aromatic N) is 3. The molecule has 0 amide bonds. The second-order valence-electron chi connectivity index (χ2n) is 7.41. The summed E-state index contributed by atoms with van der Waals surface area (Å²) in [5.74, 6) is 0.202. The van der Waals surface area contributed by atoms with Crippen molar-refractivity contribution in [3.8, 4) is 11.5 Å². The van der Waals surface area contributed by atoms with Crippen LogP contribution in [0.3, 0.4) is 0 Å². The van der Waals surface area contributed by atoms with Gasteiger partial charge in [0.05, 0.1) is 15.9 Å². The minimum absolute atomic E-state index is 0.0273. The molecule has 0 spiro atoms. The van der Waals surface area contributed by atoms with E-state index < -0.39 is 28.7 Å². The van der Waals surface area contributed by atoms with Crippen LogP contribution >= 0.6 is 7.67 Å². The molecule has 0 bridgehead atoms. The van der Waals surface area contributed by atoms with Crippen molar-refractivity contribution in [2.75, 3.05) is 33.2 Å². The average Bonchev–Trinajstić information content (AvgIpc) is 3.65. The molecule has 0 aromatic heterocycles. The summed E-state index contributed by atoms with van der Waals surface area (Å²) in [6.07, 6.45) is -0.590. The summed E-state index contributed by atoms with van der Waals surface area (Å²) in [4.78, 5) is 11.0. The lowest BCUT2D eigenvalue weighted by Gasteiger charge is -2.24. The summed E-state index contributed by atoms with van der Waals surface area (Å²) in [5.41, 5.74) is 0.317. The largest absolute Gasteiger partial charge is 0.450 e. The molecule has 11 nitrogen and oxygen atoms in total. The van der Waals surface area contributed by atoms with Crippen LogP contribution in [0.2, 0.25) is 0 Å². The van der Waals surface area contributed by atoms with Crippen molar-refractivity contribution in [2.24, 2.45) is 0 Å². The van der Waals surface area contributed by atoms with E-state index in [1.165, 1.54) is 43.4 Å². The highest BCUT2D eigenvalue weighted by Gasteiger charge is 2.50. The fourth-order valence-corrected chi connectivity index (χ4v) is 6.20. The smallest absolute Gasteiger partial charge is 0.346 e. The van der Waals surface area contributed by atoms with E-state index in [-0.39, 0.29) is 22.1 Å². The Morgan fingerprint density at radius 1 is 1.09 bits per heavy atom. The minimum atomic E-state index is -3.61. The Morgan fingerprint density at radius 3 is 2.19 bits per heavy atom. The number of hydrogen-bond acceptors (Lipinski definition) is 7. The molecule has 1 unspecified atom stereocenters. The van der Waals surface area contributed by atoms with Crippen LogP contribution < -0.4 is 9.46 Å². The first kappa shape index (κ1) is 22.8. The Morgan fingerprint density at radius 2 is 1.69 bits per heavy atom. The number of benzene rings is 2. The van der Waals surface area contributed by atoms with Gasteiger partial charge in [0.25, 0.3) is 0 Å². The third-order valence-corrected chi connectivity index (χ3v) is 9.39. The van der Waals surface area contributed by atoms with Gasteiger partial charge in [0, 0.05) is 32.2 Å². The molecule has 2 fully saturated rings. The van der Waals surface area contributed by atoms with Crippen LogP contribution in [-0.4, -0.2) is 55.9 Å². The first-order valence-corrected chi connectivity index (χ1v) is 12.9. The fraction of sp³-hybridized carbons (Fsp3) is 0.368. The summed E-state index contributed by atoms with van der Waals surface area (Å²) in [6, 6.07) is 9.85. The van der Waals surface area contributed by atoms with Crippen molar-refractivity contribution >= 4 is 23.4 Å². The zero-order valence-corrected chi connectivity index (χ0v) is 19.2. The van der Waals surface area contributed by atoms with E-state index in [4.69, 9.17) is 9.26 Å². The van der Waals surface area contributed by atoms with Gasteiger partial charge >= 0.3 is 13.4 Å². The highest BCUT2D eigenvalue weighted by atomic mass is 32.2. The van der Waals surface area contributed by atoms with Gasteiger partial charge in [-0.3, -0.25) is 19.2 Å². The first-order valence-electron chi connectivity index (χ1n) is 9.93. The van der Waals surface area contributed by atoms with Crippen LogP contribution in [-0.2, 0) is 19.1 Å². The van der Waals surface area contributed by atoms with Crippen LogP contribution in [0.1, 0.15) is 18.6 Å². The predicted molar refractivity (Wildman–Crippen MR) is 116 cm³/mol. The molecule has 2 saturated heterocycles. The van der Waals surface area contributed by atoms with Crippen LogP contribution in [0.25, 0.3) is 0 Å². The summed E-state index contributed by atoms with van der Waals surface area (Å²) in [7, 11) is -5.38. The van der Waals surface area contributed by atoms with E-state index in [0.717, 1.165) is 0 Å². The molecular weight excluding hydrogens is 459 g/mol. The Bertz CT molecular complexity index is 1160. The maximum Gasteiger partial charge on any atom is 0.346 e. The van der Waals surface area contributed by atoms with Gasteiger partial charge in [-0.25, -0.2) is 22.5 Å². The lowest BCUT2D eigenvalue weighted by Crippen LogP contribution is -2.18. The van der Waals surface area contributed by atoms with Crippen molar-refractivity contribution in [2.45, 2.75) is 17.9 Å².